The van der Waals surface area contributed by atoms with Crippen LogP contribution in [-0.4, -0.2) is 22.1 Å². The first kappa shape index (κ1) is 23.8. The molecule has 0 spiro atoms. The lowest BCUT2D eigenvalue weighted by atomic mass is 9.68. The number of carbonyl (C=O) groups excluding carboxylic acids is 1. The SMILES string of the molecule is Cc1c(C2CCC(CC(F)(F)F)C[C@H]2c2cc(=O)c3c(C(N)=O)nccc3[nH]2)ccc(F)c1F. The van der Waals surface area contributed by atoms with Gasteiger partial charge in [0.1, 0.15) is 5.69 Å². The van der Waals surface area contributed by atoms with Gasteiger partial charge < -0.3 is 10.7 Å². The third kappa shape index (κ3) is 4.53. The van der Waals surface area contributed by atoms with Gasteiger partial charge in [-0.1, -0.05) is 6.07 Å². The Hall–Kier alpha value is -3.30. The molecule has 0 bridgehead atoms. The van der Waals surface area contributed by atoms with Gasteiger partial charge in [0.25, 0.3) is 5.91 Å². The molecule has 1 aliphatic rings. The molecule has 4 rings (SSSR count). The van der Waals surface area contributed by atoms with E-state index in [-0.39, 0.29) is 35.0 Å². The van der Waals surface area contributed by atoms with Crippen LogP contribution in [0.5, 0.6) is 0 Å². The summed E-state index contributed by atoms with van der Waals surface area (Å²) in [4.78, 5) is 31.5. The van der Waals surface area contributed by atoms with Crippen LogP contribution in [0.1, 0.15) is 64.8 Å². The van der Waals surface area contributed by atoms with Crippen molar-refractivity contribution < 1.29 is 26.7 Å². The van der Waals surface area contributed by atoms with E-state index >= 15 is 0 Å². The van der Waals surface area contributed by atoms with Gasteiger partial charge >= 0.3 is 6.18 Å². The highest BCUT2D eigenvalue weighted by Gasteiger charge is 2.40. The Morgan fingerprint density at radius 3 is 2.59 bits per heavy atom. The molecule has 10 heteroatoms. The van der Waals surface area contributed by atoms with Crippen LogP contribution in [0.3, 0.4) is 0 Å². The van der Waals surface area contributed by atoms with Gasteiger partial charge in [0, 0.05) is 30.3 Å². The second-order valence-corrected chi connectivity index (χ2v) is 8.82. The Balaban J connectivity index is 1.84. The molecule has 1 saturated carbocycles. The van der Waals surface area contributed by atoms with Crippen LogP contribution < -0.4 is 11.2 Å². The fourth-order valence-corrected chi connectivity index (χ4v) is 5.16. The summed E-state index contributed by atoms with van der Waals surface area (Å²) >= 11 is 0. The first-order chi connectivity index (χ1) is 16.0. The Kier molecular flexibility index (Phi) is 6.18. The van der Waals surface area contributed by atoms with Crippen molar-refractivity contribution in [2.24, 2.45) is 11.7 Å². The van der Waals surface area contributed by atoms with E-state index in [1.165, 1.54) is 31.3 Å². The van der Waals surface area contributed by atoms with Gasteiger partial charge in [0.05, 0.1) is 10.9 Å². The second kappa shape index (κ2) is 8.81. The van der Waals surface area contributed by atoms with Crippen molar-refractivity contribution in [2.75, 3.05) is 0 Å². The number of benzene rings is 1. The molecule has 3 aromatic rings. The van der Waals surface area contributed by atoms with Crippen molar-refractivity contribution in [3.8, 4) is 0 Å². The smallest absolute Gasteiger partial charge is 0.364 e. The van der Waals surface area contributed by atoms with E-state index in [1.807, 2.05) is 0 Å². The Bertz CT molecular complexity index is 1320. The summed E-state index contributed by atoms with van der Waals surface area (Å²) < 4.78 is 67.5. The minimum absolute atomic E-state index is 0.0121. The van der Waals surface area contributed by atoms with Gasteiger partial charge in [-0.15, -0.1) is 0 Å². The van der Waals surface area contributed by atoms with Crippen LogP contribution in [0.25, 0.3) is 10.9 Å². The van der Waals surface area contributed by atoms with Crippen LogP contribution in [0.15, 0.2) is 35.3 Å². The molecule has 3 atom stereocenters. The topological polar surface area (TPSA) is 88.8 Å². The van der Waals surface area contributed by atoms with Gasteiger partial charge in [-0.2, -0.15) is 13.2 Å². The van der Waals surface area contributed by atoms with Gasteiger partial charge in [-0.25, -0.2) is 8.78 Å². The Morgan fingerprint density at radius 1 is 1.18 bits per heavy atom. The number of amides is 1. The molecule has 2 heterocycles. The van der Waals surface area contributed by atoms with Gasteiger partial charge in [-0.05, 0) is 61.3 Å². The summed E-state index contributed by atoms with van der Waals surface area (Å²) in [5.41, 5.74) is 5.77. The summed E-state index contributed by atoms with van der Waals surface area (Å²) in [6.45, 7) is 1.43. The number of rotatable bonds is 4. The maximum Gasteiger partial charge on any atom is 0.389 e. The molecule has 5 nitrogen and oxygen atoms in total. The lowest BCUT2D eigenvalue weighted by Gasteiger charge is -2.37. The van der Waals surface area contributed by atoms with E-state index in [0.717, 1.165) is 6.07 Å². The number of carbonyl (C=O) groups is 1. The van der Waals surface area contributed by atoms with Crippen molar-refractivity contribution >= 4 is 16.8 Å². The number of aromatic nitrogens is 2. The molecule has 1 amide bonds. The van der Waals surface area contributed by atoms with Crippen molar-refractivity contribution in [3.05, 3.63) is 74.8 Å². The van der Waals surface area contributed by atoms with Crippen LogP contribution >= 0.6 is 0 Å². The summed E-state index contributed by atoms with van der Waals surface area (Å²) in [5, 5.41) is -0.0121. The maximum absolute atomic E-state index is 14.3. The molecule has 34 heavy (non-hydrogen) atoms. The van der Waals surface area contributed by atoms with Crippen molar-refractivity contribution in [2.45, 2.75) is 50.6 Å². The molecular formula is C24H22F5N3O2. The Labute approximate surface area is 191 Å². The number of halogens is 5. The third-order valence-electron chi connectivity index (χ3n) is 6.66. The number of nitrogens with two attached hydrogens (primary N) is 1. The molecule has 180 valence electrons. The molecule has 2 unspecified atom stereocenters. The molecule has 0 radical (unpaired) electrons. The zero-order valence-corrected chi connectivity index (χ0v) is 18.2. The molecule has 1 aliphatic carbocycles. The summed E-state index contributed by atoms with van der Waals surface area (Å²) in [7, 11) is 0. The van der Waals surface area contributed by atoms with E-state index < -0.39 is 53.3 Å². The minimum Gasteiger partial charge on any atom is -0.364 e. The number of nitrogens with one attached hydrogen (secondary N) is 1. The van der Waals surface area contributed by atoms with Gasteiger partial charge in [0.2, 0.25) is 0 Å². The molecule has 0 saturated heterocycles. The summed E-state index contributed by atoms with van der Waals surface area (Å²) in [6, 6.07) is 5.16. The van der Waals surface area contributed by atoms with Gasteiger partial charge in [-0.3, -0.25) is 14.6 Å². The number of H-pyrrole nitrogens is 1. The van der Waals surface area contributed by atoms with Crippen molar-refractivity contribution in [1.29, 1.82) is 0 Å². The van der Waals surface area contributed by atoms with E-state index in [2.05, 4.69) is 9.97 Å². The van der Waals surface area contributed by atoms with E-state index in [1.54, 1.807) is 0 Å². The number of pyridine rings is 2. The lowest BCUT2D eigenvalue weighted by molar-refractivity contribution is -0.147. The number of alkyl halides is 3. The lowest BCUT2D eigenvalue weighted by Crippen LogP contribution is -2.28. The van der Waals surface area contributed by atoms with Crippen LogP contribution in [0.4, 0.5) is 22.0 Å². The average Bonchev–Trinajstić information content (AvgIpc) is 2.76. The van der Waals surface area contributed by atoms with Gasteiger partial charge in [0.15, 0.2) is 17.1 Å². The molecule has 1 aromatic carbocycles. The largest absolute Gasteiger partial charge is 0.389 e. The number of hydrogen-bond donors (Lipinski definition) is 2. The maximum atomic E-state index is 14.3. The summed E-state index contributed by atoms with van der Waals surface area (Å²) in [5.74, 6) is -4.62. The standard InChI is InChI=1S/C24H22F5N3O2/c1-11-13(4-5-16(25)21(11)26)14-3-2-12(10-24(27,28)29)8-15(14)18-9-19(33)20-17(32-18)6-7-31-22(20)23(30)34/h4-7,9,12,14-15H,2-3,8,10H2,1H3,(H2,30,34)(H,32,33)/t12?,14?,15-/m1/s1. The second-order valence-electron chi connectivity index (χ2n) is 8.82. The zero-order chi connectivity index (χ0) is 24.8. The minimum atomic E-state index is -4.35. The third-order valence-corrected chi connectivity index (χ3v) is 6.66. The normalized spacial score (nSPS) is 21.1. The van der Waals surface area contributed by atoms with Crippen molar-refractivity contribution in [3.63, 3.8) is 0 Å². The average molecular weight is 479 g/mol. The highest BCUT2D eigenvalue weighted by atomic mass is 19.4. The first-order valence-electron chi connectivity index (χ1n) is 10.8. The quantitative estimate of drug-likeness (QED) is 0.503. The van der Waals surface area contributed by atoms with Crippen molar-refractivity contribution in [1.82, 2.24) is 9.97 Å². The predicted molar refractivity (Wildman–Crippen MR) is 115 cm³/mol. The van der Waals surface area contributed by atoms with Crippen LogP contribution in [0, 0.1) is 24.5 Å². The number of hydrogen-bond acceptors (Lipinski definition) is 3. The molecule has 1 fully saturated rings. The number of primary amides is 1. The fourth-order valence-electron chi connectivity index (χ4n) is 5.16. The van der Waals surface area contributed by atoms with Crippen LogP contribution in [0.2, 0.25) is 0 Å². The number of aromatic amines is 1. The number of nitrogens with zero attached hydrogens (tertiary/aromatic N) is 1. The van der Waals surface area contributed by atoms with E-state index in [0.29, 0.717) is 17.7 Å². The first-order valence-corrected chi connectivity index (χ1v) is 10.8. The highest BCUT2D eigenvalue weighted by Crippen LogP contribution is 2.49. The molecule has 3 N–H and O–H groups in total. The highest BCUT2D eigenvalue weighted by molar-refractivity contribution is 6.03. The van der Waals surface area contributed by atoms with E-state index in [4.69, 9.17) is 5.73 Å². The fraction of sp³-hybridized carbons (Fsp3) is 0.375. The zero-order valence-electron chi connectivity index (χ0n) is 18.2. The molecule has 0 aliphatic heterocycles. The Morgan fingerprint density at radius 2 is 1.91 bits per heavy atom. The molecule has 2 aromatic heterocycles. The predicted octanol–water partition coefficient (Wildman–Crippen LogP) is 5.23. The number of fused-ring (bicyclic) bond motifs is 1. The summed E-state index contributed by atoms with van der Waals surface area (Å²) in [6.07, 6.45) is -3.36. The molecular weight excluding hydrogens is 457 g/mol. The van der Waals surface area contributed by atoms with Crippen LogP contribution in [-0.2, 0) is 0 Å². The monoisotopic (exact) mass is 479 g/mol. The van der Waals surface area contributed by atoms with E-state index in [9.17, 15) is 31.5 Å².